The molecule has 0 aromatic heterocycles. The van der Waals surface area contributed by atoms with Gasteiger partial charge in [-0.05, 0) is 85.4 Å². The van der Waals surface area contributed by atoms with E-state index in [0.717, 1.165) is 53.0 Å². The van der Waals surface area contributed by atoms with E-state index in [-0.39, 0.29) is 10.8 Å². The maximum absolute atomic E-state index is 6.99. The molecule has 6 heteroatoms. The summed E-state index contributed by atoms with van der Waals surface area (Å²) < 4.78 is 5.74. The van der Waals surface area contributed by atoms with Gasteiger partial charge in [-0.2, -0.15) is 4.58 Å². The molecule has 44 heavy (non-hydrogen) atoms. The lowest BCUT2D eigenvalue weighted by atomic mass is 9.81. The van der Waals surface area contributed by atoms with Crippen LogP contribution in [0.3, 0.4) is 0 Å². The van der Waals surface area contributed by atoms with Crippen molar-refractivity contribution in [3.63, 3.8) is 0 Å². The fourth-order valence-corrected chi connectivity index (χ4v) is 7.31. The van der Waals surface area contributed by atoms with Crippen LogP contribution in [0.5, 0.6) is 0 Å². The Balaban J connectivity index is 1.67. The van der Waals surface area contributed by atoms with Crippen molar-refractivity contribution in [3.8, 4) is 0 Å². The molecule has 0 bridgehead atoms. The number of allylic oxidation sites excluding steroid dienone is 6. The second kappa shape index (κ2) is 13.1. The Bertz CT molecular complexity index is 1510. The van der Waals surface area contributed by atoms with Crippen LogP contribution in [0, 0.1) is 10.5 Å². The quantitative estimate of drug-likeness (QED) is 0.0974. The van der Waals surface area contributed by atoms with Gasteiger partial charge in [0.15, 0.2) is 12.3 Å². The van der Waals surface area contributed by atoms with Crippen LogP contribution in [-0.2, 0) is 10.8 Å². The second-order valence-electron chi connectivity index (χ2n) is 15.8. The molecule has 2 heterocycles. The maximum atomic E-state index is 6.99. The average molecular weight is 730 g/mol. The van der Waals surface area contributed by atoms with Gasteiger partial charge in [-0.25, -0.2) is 0 Å². The van der Waals surface area contributed by atoms with Crippen LogP contribution in [0.4, 0.5) is 11.4 Å². The largest absolute Gasteiger partial charge is 0.344 e. The Morgan fingerprint density at radius 2 is 1.55 bits per heavy atom. The number of rotatable bonds is 11. The van der Waals surface area contributed by atoms with Gasteiger partial charge in [0.2, 0.25) is 5.69 Å². The molecule has 0 aliphatic carbocycles. The molecule has 238 valence electrons. The molecule has 0 radical (unpaired) electrons. The second-order valence-corrected chi connectivity index (χ2v) is 17.5. The van der Waals surface area contributed by atoms with Crippen LogP contribution < -0.4 is 4.90 Å². The number of benzene rings is 2. The van der Waals surface area contributed by atoms with E-state index < -0.39 is 0 Å². The highest BCUT2D eigenvalue weighted by molar-refractivity contribution is 14.1. The number of nitrogens with zero attached hydrogens (tertiary/aromatic N) is 4. The first kappa shape index (κ1) is 34.9. The van der Waals surface area contributed by atoms with Crippen LogP contribution in [0.2, 0.25) is 0 Å². The minimum Gasteiger partial charge on any atom is -0.344 e. The topological polar surface area (TPSA) is 6.25 Å². The third-order valence-corrected chi connectivity index (χ3v) is 10.0. The number of aryl methyl sites for hydroxylation is 1. The molecule has 0 N–H and O–H groups in total. The van der Waals surface area contributed by atoms with Crippen molar-refractivity contribution in [2.24, 2.45) is 0 Å². The Kier molecular flexibility index (Phi) is 10.4. The number of anilines is 1. The lowest BCUT2D eigenvalue weighted by molar-refractivity contribution is -0.871. The number of quaternary nitrogens is 2. The average Bonchev–Trinajstić information content (AvgIpc) is 3.22. The van der Waals surface area contributed by atoms with E-state index in [1.807, 2.05) is 0 Å². The zero-order valence-electron chi connectivity index (χ0n) is 29.1. The van der Waals surface area contributed by atoms with Gasteiger partial charge in [-0.1, -0.05) is 43.1 Å². The van der Waals surface area contributed by atoms with Gasteiger partial charge in [0.05, 0.1) is 67.2 Å². The summed E-state index contributed by atoms with van der Waals surface area (Å²) in [5, 5.41) is 0.742. The Labute approximate surface area is 286 Å². The number of halogens is 2. The third kappa shape index (κ3) is 7.89. The molecule has 2 aliphatic rings. The Morgan fingerprint density at radius 3 is 2.20 bits per heavy atom. The van der Waals surface area contributed by atoms with Gasteiger partial charge in [0.1, 0.15) is 0 Å². The summed E-state index contributed by atoms with van der Waals surface area (Å²) in [4.78, 5) is 2.53. The molecular formula is C38H55ClIN4+3. The Hall–Kier alpha value is -1.93. The third-order valence-electron chi connectivity index (χ3n) is 9.12. The van der Waals surface area contributed by atoms with Crippen LogP contribution >= 0.6 is 34.2 Å². The molecule has 2 aromatic rings. The van der Waals surface area contributed by atoms with Crippen LogP contribution in [-0.4, -0.2) is 87.7 Å². The minimum atomic E-state index is -0.103. The van der Waals surface area contributed by atoms with Crippen molar-refractivity contribution >= 4 is 51.3 Å². The van der Waals surface area contributed by atoms with Crippen molar-refractivity contribution in [1.29, 1.82) is 0 Å². The van der Waals surface area contributed by atoms with E-state index in [4.69, 9.17) is 11.6 Å². The van der Waals surface area contributed by atoms with Gasteiger partial charge in [0.25, 0.3) is 0 Å². The predicted octanol–water partition coefficient (Wildman–Crippen LogP) is 8.53. The van der Waals surface area contributed by atoms with Crippen LogP contribution in [0.25, 0.3) is 0 Å². The predicted molar refractivity (Wildman–Crippen MR) is 200 cm³/mol. The van der Waals surface area contributed by atoms with Gasteiger partial charge in [-0.3, -0.25) is 0 Å². The first-order valence-electron chi connectivity index (χ1n) is 16.0. The molecule has 0 amide bonds. The normalized spacial score (nSPS) is 19.0. The summed E-state index contributed by atoms with van der Waals surface area (Å²) in [7, 11) is 13.6. The van der Waals surface area contributed by atoms with Crippen molar-refractivity contribution < 1.29 is 13.5 Å². The fraction of sp³-hybridized carbons (Fsp3) is 0.500. The van der Waals surface area contributed by atoms with E-state index in [1.165, 1.54) is 43.0 Å². The Morgan fingerprint density at radius 1 is 0.886 bits per heavy atom. The molecule has 2 aliphatic heterocycles. The molecule has 0 atom stereocenters. The SMILES string of the molecule is Cc1ccc2c(c1)C(C)(C)\C(=C/C=C(Cl)/C=C/C1=[N+](CCC[N+](C)(C)C)c3ccc(I)cc3C1(C)C)N2CCC[N+](C)(C)C. The summed E-state index contributed by atoms with van der Waals surface area (Å²) >= 11 is 9.43. The molecule has 0 saturated carbocycles. The van der Waals surface area contributed by atoms with E-state index in [0.29, 0.717) is 0 Å². The van der Waals surface area contributed by atoms with Gasteiger partial charge in [0, 0.05) is 56.1 Å². The molecule has 0 unspecified atom stereocenters. The molecule has 4 nitrogen and oxygen atoms in total. The number of hydrogen-bond donors (Lipinski definition) is 0. The molecule has 2 aromatic carbocycles. The summed E-state index contributed by atoms with van der Waals surface area (Å²) in [6.45, 7) is 15.8. The van der Waals surface area contributed by atoms with Gasteiger partial charge < -0.3 is 13.9 Å². The number of hydrogen-bond acceptors (Lipinski definition) is 1. The van der Waals surface area contributed by atoms with Gasteiger partial charge >= 0.3 is 0 Å². The minimum absolute atomic E-state index is 0.0985. The molecule has 0 saturated heterocycles. The molecule has 4 rings (SSSR count). The van der Waals surface area contributed by atoms with E-state index >= 15 is 0 Å². The molecule has 0 spiro atoms. The first-order chi connectivity index (χ1) is 20.3. The van der Waals surface area contributed by atoms with E-state index in [2.05, 4.69) is 170 Å². The van der Waals surface area contributed by atoms with Crippen molar-refractivity contribution in [2.75, 3.05) is 73.4 Å². The zero-order valence-corrected chi connectivity index (χ0v) is 32.0. The smallest absolute Gasteiger partial charge is 0.209 e. The summed E-state index contributed by atoms with van der Waals surface area (Å²) in [6.07, 6.45) is 11.0. The first-order valence-corrected chi connectivity index (χ1v) is 17.5. The van der Waals surface area contributed by atoms with Crippen molar-refractivity contribution in [2.45, 2.75) is 58.3 Å². The number of fused-ring (bicyclic) bond motifs is 2. The van der Waals surface area contributed by atoms with Crippen molar-refractivity contribution in [1.82, 2.24) is 0 Å². The van der Waals surface area contributed by atoms with Crippen molar-refractivity contribution in [3.05, 3.63) is 91.7 Å². The summed E-state index contributed by atoms with van der Waals surface area (Å²) in [6, 6.07) is 13.8. The fourth-order valence-electron chi connectivity index (χ4n) is 6.70. The lowest BCUT2D eigenvalue weighted by Crippen LogP contribution is -2.37. The van der Waals surface area contributed by atoms with E-state index in [9.17, 15) is 0 Å². The highest BCUT2D eigenvalue weighted by atomic mass is 127. The zero-order chi connectivity index (χ0) is 32.7. The summed E-state index contributed by atoms with van der Waals surface area (Å²) in [5.41, 5.74) is 9.16. The highest BCUT2D eigenvalue weighted by Gasteiger charge is 2.44. The maximum Gasteiger partial charge on any atom is 0.209 e. The summed E-state index contributed by atoms with van der Waals surface area (Å²) in [5.74, 6) is 0. The van der Waals surface area contributed by atoms with E-state index in [1.54, 1.807) is 0 Å². The molecule has 0 fully saturated rings. The monoisotopic (exact) mass is 729 g/mol. The van der Waals surface area contributed by atoms with Gasteiger partial charge in [-0.15, -0.1) is 0 Å². The van der Waals surface area contributed by atoms with Crippen LogP contribution in [0.1, 0.15) is 57.2 Å². The highest BCUT2D eigenvalue weighted by Crippen LogP contribution is 2.48. The lowest BCUT2D eigenvalue weighted by Gasteiger charge is -2.29. The standard InChI is InChI=1S/C38H55ClIN4/c1-28-14-18-33-31(26-28)37(2,3)35(41(33)22-12-24-43(6,7)8)20-15-29(39)16-21-36-38(4,5)32-27-30(40)17-19-34(32)42(36)23-13-25-44(9,10)11/h14-21,26-27H,12-13,22-25H2,1-11H3/q+3. The van der Waals surface area contributed by atoms with Crippen LogP contribution in [0.15, 0.2) is 71.4 Å². The molecular weight excluding hydrogens is 675 g/mol.